The summed E-state index contributed by atoms with van der Waals surface area (Å²) in [6.45, 7) is 0. The molecule has 5 aromatic heterocycles. The fraction of sp³-hybridized carbons (Fsp3) is 0.0196. The molecule has 0 saturated heterocycles. The molecule has 0 aliphatic heterocycles. The molecule has 11 aromatic rings. The van der Waals surface area contributed by atoms with Crippen molar-refractivity contribution in [3.63, 3.8) is 0 Å². The molecular formula is C51H34BrN7O2. The van der Waals surface area contributed by atoms with Gasteiger partial charge in [0.2, 0.25) is 23.6 Å². The van der Waals surface area contributed by atoms with Crippen LogP contribution < -0.4 is 0 Å². The van der Waals surface area contributed by atoms with Gasteiger partial charge in [-0.2, -0.15) is 0 Å². The van der Waals surface area contributed by atoms with E-state index in [1.165, 1.54) is 27.6 Å². The van der Waals surface area contributed by atoms with E-state index < -0.39 is 0 Å². The van der Waals surface area contributed by atoms with Crippen molar-refractivity contribution in [2.45, 2.75) is 6.42 Å². The third kappa shape index (κ3) is 7.52. The Balaban J connectivity index is 0.000000121. The Morgan fingerprint density at radius 2 is 0.934 bits per heavy atom. The van der Waals surface area contributed by atoms with Crippen LogP contribution in [0.3, 0.4) is 0 Å². The van der Waals surface area contributed by atoms with Gasteiger partial charge in [0.25, 0.3) is 0 Å². The van der Waals surface area contributed by atoms with Crippen LogP contribution in [-0.4, -0.2) is 34.9 Å². The minimum Gasteiger partial charge on any atom is -0.416 e. The monoisotopic (exact) mass is 855 g/mol. The molecule has 0 N–H and O–H groups in total. The first kappa shape index (κ1) is 37.5. The van der Waals surface area contributed by atoms with Crippen molar-refractivity contribution in [3.8, 4) is 62.6 Å². The van der Waals surface area contributed by atoms with Crippen LogP contribution in [0.2, 0.25) is 0 Å². The maximum atomic E-state index is 6.07. The summed E-state index contributed by atoms with van der Waals surface area (Å²) >= 11 is 3.47. The van der Waals surface area contributed by atoms with Crippen LogP contribution in [0.1, 0.15) is 11.1 Å². The number of benzene rings is 6. The third-order valence-electron chi connectivity index (χ3n) is 10.4. The number of pyridine rings is 2. The molecule has 0 atom stereocenters. The van der Waals surface area contributed by atoms with Crippen molar-refractivity contribution >= 4 is 37.7 Å². The van der Waals surface area contributed by atoms with E-state index in [1.54, 1.807) is 0 Å². The fourth-order valence-corrected chi connectivity index (χ4v) is 8.05. The average Bonchev–Trinajstić information content (AvgIpc) is 4.15. The number of hydrogen-bond acceptors (Lipinski definition) is 8. The van der Waals surface area contributed by atoms with Crippen LogP contribution in [0.5, 0.6) is 0 Å². The third-order valence-corrected chi connectivity index (χ3v) is 11.1. The number of para-hydroxylation sites is 2. The van der Waals surface area contributed by atoms with Crippen LogP contribution in [0.25, 0.3) is 84.4 Å². The quantitative estimate of drug-likeness (QED) is 0.168. The van der Waals surface area contributed by atoms with E-state index in [1.807, 2.05) is 134 Å². The summed E-state index contributed by atoms with van der Waals surface area (Å²) in [5, 5.41) is 19.1. The van der Waals surface area contributed by atoms with Crippen LogP contribution in [0.15, 0.2) is 208 Å². The van der Waals surface area contributed by atoms with Crippen LogP contribution >= 0.6 is 15.9 Å². The highest BCUT2D eigenvalue weighted by Gasteiger charge is 2.19. The molecule has 12 rings (SSSR count). The van der Waals surface area contributed by atoms with Gasteiger partial charge in [-0.3, -0.25) is 9.97 Å². The first-order valence-corrected chi connectivity index (χ1v) is 20.5. The summed E-state index contributed by atoms with van der Waals surface area (Å²) in [4.78, 5) is 8.51. The summed E-state index contributed by atoms with van der Waals surface area (Å²) in [6, 6.07) is 56.4. The zero-order chi connectivity index (χ0) is 41.0. The Kier molecular flexibility index (Phi) is 10.3. The van der Waals surface area contributed by atoms with Gasteiger partial charge in [-0.15, -0.1) is 20.4 Å². The van der Waals surface area contributed by atoms with Gasteiger partial charge in [0.1, 0.15) is 0 Å². The average molecular weight is 857 g/mol. The molecule has 61 heavy (non-hydrogen) atoms. The fourth-order valence-electron chi connectivity index (χ4n) is 7.59. The minimum atomic E-state index is 0.485. The molecule has 1 aliphatic rings. The Morgan fingerprint density at radius 3 is 1.67 bits per heavy atom. The van der Waals surface area contributed by atoms with Crippen molar-refractivity contribution < 1.29 is 8.83 Å². The predicted molar refractivity (Wildman–Crippen MR) is 243 cm³/mol. The van der Waals surface area contributed by atoms with Crippen LogP contribution in [0, 0.1) is 0 Å². The minimum absolute atomic E-state index is 0.485. The van der Waals surface area contributed by atoms with Gasteiger partial charge in [-0.1, -0.05) is 103 Å². The summed E-state index contributed by atoms with van der Waals surface area (Å²) < 4.78 is 14.9. The highest BCUT2D eigenvalue weighted by molar-refractivity contribution is 9.10. The summed E-state index contributed by atoms with van der Waals surface area (Å²) in [5.74, 6) is 2.03. The molecule has 0 amide bonds. The lowest BCUT2D eigenvalue weighted by atomic mass is 10.1. The number of hydrogen-bond donors (Lipinski definition) is 0. The van der Waals surface area contributed by atoms with Crippen molar-refractivity contribution in [1.29, 1.82) is 0 Å². The van der Waals surface area contributed by atoms with Crippen molar-refractivity contribution in [2.75, 3.05) is 0 Å². The second kappa shape index (κ2) is 16.8. The number of fused-ring (bicyclic) bond motifs is 6. The molecule has 0 unspecified atom stereocenters. The van der Waals surface area contributed by atoms with Gasteiger partial charge in [-0.25, -0.2) is 0 Å². The number of halogens is 1. The summed E-state index contributed by atoms with van der Waals surface area (Å²) in [6.07, 6.45) is 8.60. The zero-order valence-electron chi connectivity index (χ0n) is 32.5. The zero-order valence-corrected chi connectivity index (χ0v) is 34.1. The van der Waals surface area contributed by atoms with Crippen molar-refractivity contribution in [3.05, 3.63) is 210 Å². The highest BCUT2D eigenvalue weighted by Crippen LogP contribution is 2.37. The predicted octanol–water partition coefficient (Wildman–Crippen LogP) is 12.7. The number of nitrogens with zero attached hydrogens (tertiary/aromatic N) is 7. The second-order valence-corrected chi connectivity index (χ2v) is 15.0. The van der Waals surface area contributed by atoms with Crippen molar-refractivity contribution in [2.24, 2.45) is 0 Å². The molecular weight excluding hydrogens is 823 g/mol. The van der Waals surface area contributed by atoms with Crippen LogP contribution in [-0.2, 0) is 6.42 Å². The number of rotatable bonds is 5. The lowest BCUT2D eigenvalue weighted by Crippen LogP contribution is -1.97. The maximum Gasteiger partial charge on any atom is 0.250 e. The standard InChI is InChI=1S/C25H16N4O.C14H9BrN2O.C12H9N/c1-2-8-17(9-3-1)24-27-28-25(30-24)20-11-5-7-13-22(20)29-21-12-6-4-10-18(21)19-14-15-26-16-23(19)29;15-12-9-5-4-8-11(12)14-17-16-13(18-14)10-6-2-1-3-7-10;1-2-4-11-9(3-1)7-10-8-13-6-5-12(10)11/h1-16H;1-9H;1-6,8H,7H2. The van der Waals surface area contributed by atoms with Gasteiger partial charge in [-0.05, 0) is 105 Å². The summed E-state index contributed by atoms with van der Waals surface area (Å²) in [7, 11) is 0. The van der Waals surface area contributed by atoms with E-state index >= 15 is 0 Å². The molecule has 5 heterocycles. The van der Waals surface area contributed by atoms with Gasteiger partial charge in [0, 0.05) is 51.4 Å². The van der Waals surface area contributed by atoms with E-state index in [4.69, 9.17) is 8.83 Å². The Hall–Kier alpha value is -7.82. The summed E-state index contributed by atoms with van der Waals surface area (Å²) in [5.41, 5.74) is 12.2. The Bertz CT molecular complexity index is 3170. The van der Waals surface area contributed by atoms with Gasteiger partial charge in [0.05, 0.1) is 34.0 Å². The second-order valence-electron chi connectivity index (χ2n) is 14.2. The Labute approximate surface area is 359 Å². The van der Waals surface area contributed by atoms with Gasteiger partial charge >= 0.3 is 0 Å². The van der Waals surface area contributed by atoms with E-state index in [9.17, 15) is 0 Å². The van der Waals surface area contributed by atoms with Gasteiger partial charge < -0.3 is 13.4 Å². The lowest BCUT2D eigenvalue weighted by molar-refractivity contribution is 0.584. The smallest absolute Gasteiger partial charge is 0.250 e. The molecule has 9 nitrogen and oxygen atoms in total. The molecule has 292 valence electrons. The van der Waals surface area contributed by atoms with E-state index in [2.05, 4.69) is 112 Å². The van der Waals surface area contributed by atoms with E-state index in [0.717, 1.165) is 55.3 Å². The molecule has 0 bridgehead atoms. The molecule has 0 fully saturated rings. The van der Waals surface area contributed by atoms with Crippen molar-refractivity contribution in [1.82, 2.24) is 34.9 Å². The Morgan fingerprint density at radius 1 is 0.410 bits per heavy atom. The largest absolute Gasteiger partial charge is 0.416 e. The molecule has 0 spiro atoms. The highest BCUT2D eigenvalue weighted by atomic mass is 79.9. The first-order valence-electron chi connectivity index (χ1n) is 19.7. The lowest BCUT2D eigenvalue weighted by Gasteiger charge is -2.11. The number of aromatic nitrogens is 7. The molecule has 10 heteroatoms. The topological polar surface area (TPSA) is 109 Å². The molecule has 0 radical (unpaired) electrons. The first-order chi connectivity index (χ1) is 30.2. The van der Waals surface area contributed by atoms with Crippen LogP contribution in [0.4, 0.5) is 0 Å². The van der Waals surface area contributed by atoms with E-state index in [0.29, 0.717) is 23.6 Å². The SMILES string of the molecule is Brc1ccccc1-c1nnc(-c2ccccc2)o1.c1ccc(-c2nnc(-c3ccccc3-n3c4ccccc4c4ccncc43)o2)cc1.c1ccc2c(c1)Cc1cnccc1-2. The maximum absolute atomic E-state index is 6.07. The van der Waals surface area contributed by atoms with E-state index in [-0.39, 0.29) is 0 Å². The molecule has 6 aromatic carbocycles. The normalized spacial score (nSPS) is 11.3. The van der Waals surface area contributed by atoms with Gasteiger partial charge in [0.15, 0.2) is 0 Å². The molecule has 1 aliphatic carbocycles. The molecule has 0 saturated carbocycles.